The summed E-state index contributed by atoms with van der Waals surface area (Å²) in [6.07, 6.45) is -5.68. The van der Waals surface area contributed by atoms with Gasteiger partial charge in [0, 0.05) is 0 Å². The number of hydrogen-bond acceptors (Lipinski definition) is 7. The topological polar surface area (TPSA) is 110 Å². The van der Waals surface area contributed by atoms with E-state index in [0.717, 1.165) is 0 Å². The van der Waals surface area contributed by atoms with Crippen LogP contribution in [0.25, 0.3) is 0 Å². The number of carbonyl (C=O) groups is 1. The molecule has 7 heteroatoms. The van der Waals surface area contributed by atoms with Gasteiger partial charge in [-0.05, 0) is 21.0 Å². The van der Waals surface area contributed by atoms with Crippen molar-refractivity contribution in [3.63, 3.8) is 0 Å². The van der Waals surface area contributed by atoms with Crippen molar-refractivity contribution >= 4 is 5.97 Å². The van der Waals surface area contributed by atoms with Crippen molar-refractivity contribution in [2.24, 2.45) is 0 Å². The van der Waals surface area contributed by atoms with E-state index in [1.807, 2.05) is 0 Å². The number of aliphatic hydroxyl groups is 4. The lowest BCUT2D eigenvalue weighted by Gasteiger charge is -2.24. The Hall–Kier alpha value is -0.730. The van der Waals surface area contributed by atoms with Crippen molar-refractivity contribution < 1.29 is 30.0 Å². The quantitative estimate of drug-likeness (QED) is 0.372. The average molecular weight is 251 g/mol. The molecule has 0 aromatic rings. The van der Waals surface area contributed by atoms with Crippen LogP contribution in [0.2, 0.25) is 0 Å². The van der Waals surface area contributed by atoms with Crippen LogP contribution >= 0.6 is 0 Å². The standard InChI is InChI=1S/C10H21NO6/c1-6(12)9(15)10(16)7(13)5-17-8(14)4-11(2)3/h6-7,9-10,12-13,15-16H,4-5H2,1-3H3/t6-,7+,9+,10+/m1/s1. The molecular weight excluding hydrogens is 230 g/mol. The van der Waals surface area contributed by atoms with E-state index in [-0.39, 0.29) is 6.54 Å². The Morgan fingerprint density at radius 2 is 1.71 bits per heavy atom. The second-order valence-corrected chi connectivity index (χ2v) is 4.21. The van der Waals surface area contributed by atoms with Gasteiger partial charge >= 0.3 is 5.97 Å². The highest BCUT2D eigenvalue weighted by Crippen LogP contribution is 2.05. The van der Waals surface area contributed by atoms with Crippen molar-refractivity contribution in [1.29, 1.82) is 0 Å². The molecule has 17 heavy (non-hydrogen) atoms. The minimum atomic E-state index is -1.57. The number of esters is 1. The van der Waals surface area contributed by atoms with Gasteiger partial charge < -0.3 is 25.2 Å². The van der Waals surface area contributed by atoms with E-state index < -0.39 is 37.0 Å². The molecule has 0 rings (SSSR count). The molecule has 4 atom stereocenters. The van der Waals surface area contributed by atoms with Crippen molar-refractivity contribution in [3.05, 3.63) is 0 Å². The van der Waals surface area contributed by atoms with Crippen LogP contribution in [0.1, 0.15) is 6.92 Å². The zero-order valence-corrected chi connectivity index (χ0v) is 10.3. The SMILES string of the molecule is C[C@@H](O)[C@H](O)[C@@H](O)[C@@H](O)COC(=O)CN(C)C. The molecule has 0 heterocycles. The number of nitrogens with zero attached hydrogens (tertiary/aromatic N) is 1. The third-order valence-corrected chi connectivity index (χ3v) is 2.10. The summed E-state index contributed by atoms with van der Waals surface area (Å²) in [7, 11) is 3.37. The van der Waals surface area contributed by atoms with Crippen LogP contribution in [-0.2, 0) is 9.53 Å². The molecule has 0 aromatic carbocycles. The number of aliphatic hydroxyl groups excluding tert-OH is 4. The molecule has 0 aromatic heterocycles. The first-order valence-corrected chi connectivity index (χ1v) is 5.28. The average Bonchev–Trinajstić information content (AvgIpc) is 2.22. The molecule has 0 aliphatic carbocycles. The number of rotatable bonds is 7. The van der Waals surface area contributed by atoms with E-state index in [9.17, 15) is 20.1 Å². The van der Waals surface area contributed by atoms with E-state index in [1.54, 1.807) is 19.0 Å². The molecule has 0 radical (unpaired) electrons. The van der Waals surface area contributed by atoms with E-state index in [4.69, 9.17) is 5.11 Å². The number of carbonyl (C=O) groups excluding carboxylic acids is 1. The molecule has 0 aliphatic heterocycles. The minimum absolute atomic E-state index is 0.0573. The van der Waals surface area contributed by atoms with Gasteiger partial charge in [0.2, 0.25) is 0 Å². The normalized spacial score (nSPS) is 18.6. The minimum Gasteiger partial charge on any atom is -0.462 e. The van der Waals surface area contributed by atoms with Gasteiger partial charge in [-0.1, -0.05) is 0 Å². The second-order valence-electron chi connectivity index (χ2n) is 4.21. The van der Waals surface area contributed by atoms with Gasteiger partial charge in [-0.3, -0.25) is 9.69 Å². The van der Waals surface area contributed by atoms with E-state index in [0.29, 0.717) is 0 Å². The van der Waals surface area contributed by atoms with Crippen molar-refractivity contribution in [3.8, 4) is 0 Å². The van der Waals surface area contributed by atoms with Gasteiger partial charge in [0.25, 0.3) is 0 Å². The summed E-state index contributed by atoms with van der Waals surface area (Å²) in [5.41, 5.74) is 0. The molecule has 0 saturated heterocycles. The molecule has 0 bridgehead atoms. The highest BCUT2D eigenvalue weighted by Gasteiger charge is 2.28. The van der Waals surface area contributed by atoms with E-state index in [2.05, 4.69) is 4.74 Å². The van der Waals surface area contributed by atoms with Crippen LogP contribution < -0.4 is 0 Å². The summed E-state index contributed by atoms with van der Waals surface area (Å²) in [5.74, 6) is -0.548. The van der Waals surface area contributed by atoms with Crippen molar-refractivity contribution in [2.75, 3.05) is 27.2 Å². The van der Waals surface area contributed by atoms with Crippen LogP contribution in [0.5, 0.6) is 0 Å². The van der Waals surface area contributed by atoms with Gasteiger partial charge in [-0.2, -0.15) is 0 Å². The predicted molar refractivity (Wildman–Crippen MR) is 59.2 cm³/mol. The Morgan fingerprint density at radius 3 is 2.12 bits per heavy atom. The maximum atomic E-state index is 11.1. The lowest BCUT2D eigenvalue weighted by Crippen LogP contribution is -2.45. The monoisotopic (exact) mass is 251 g/mol. The fraction of sp³-hybridized carbons (Fsp3) is 0.900. The van der Waals surface area contributed by atoms with Crippen molar-refractivity contribution in [1.82, 2.24) is 4.90 Å². The number of likely N-dealkylation sites (N-methyl/N-ethyl adjacent to an activating group) is 1. The van der Waals surface area contributed by atoms with Gasteiger partial charge in [0.15, 0.2) is 0 Å². The van der Waals surface area contributed by atoms with Crippen LogP contribution in [0.4, 0.5) is 0 Å². The van der Waals surface area contributed by atoms with E-state index >= 15 is 0 Å². The highest BCUT2D eigenvalue weighted by atomic mass is 16.5. The molecule has 4 N–H and O–H groups in total. The van der Waals surface area contributed by atoms with E-state index in [1.165, 1.54) is 6.92 Å². The fourth-order valence-corrected chi connectivity index (χ4v) is 1.09. The number of ether oxygens (including phenoxy) is 1. The smallest absolute Gasteiger partial charge is 0.320 e. The summed E-state index contributed by atoms with van der Waals surface area (Å²) < 4.78 is 4.68. The molecule has 0 aliphatic rings. The Balaban J connectivity index is 4.01. The maximum Gasteiger partial charge on any atom is 0.320 e. The highest BCUT2D eigenvalue weighted by molar-refractivity contribution is 5.71. The molecule has 0 saturated carbocycles. The largest absolute Gasteiger partial charge is 0.462 e. The van der Waals surface area contributed by atoms with Gasteiger partial charge in [0.05, 0.1) is 12.6 Å². The molecule has 0 unspecified atom stereocenters. The third kappa shape index (κ3) is 6.54. The van der Waals surface area contributed by atoms with Gasteiger partial charge in [-0.25, -0.2) is 0 Å². The van der Waals surface area contributed by atoms with Gasteiger partial charge in [0.1, 0.15) is 24.9 Å². The molecule has 0 spiro atoms. The Morgan fingerprint density at radius 1 is 1.18 bits per heavy atom. The third-order valence-electron chi connectivity index (χ3n) is 2.10. The first-order chi connectivity index (χ1) is 7.75. The zero-order chi connectivity index (χ0) is 13.6. The second kappa shape index (κ2) is 7.57. The van der Waals surface area contributed by atoms with Crippen LogP contribution in [0.15, 0.2) is 0 Å². The maximum absolute atomic E-state index is 11.1. The first-order valence-electron chi connectivity index (χ1n) is 5.28. The Bertz CT molecular complexity index is 233. The molecule has 0 fully saturated rings. The summed E-state index contributed by atoms with van der Waals surface area (Å²) in [6, 6.07) is 0. The van der Waals surface area contributed by atoms with Crippen LogP contribution in [0.3, 0.4) is 0 Å². The lowest BCUT2D eigenvalue weighted by molar-refractivity contribution is -0.154. The van der Waals surface area contributed by atoms with Crippen LogP contribution in [-0.4, -0.2) is 83.0 Å². The van der Waals surface area contributed by atoms with Crippen molar-refractivity contribution in [2.45, 2.75) is 31.3 Å². The zero-order valence-electron chi connectivity index (χ0n) is 10.3. The molecular formula is C10H21NO6. The van der Waals surface area contributed by atoms with Crippen LogP contribution in [0, 0.1) is 0 Å². The molecule has 102 valence electrons. The fourth-order valence-electron chi connectivity index (χ4n) is 1.09. The predicted octanol–water partition coefficient (Wildman–Crippen LogP) is -2.45. The summed E-state index contributed by atoms with van der Waals surface area (Å²) in [5, 5.41) is 37.1. The molecule has 7 nitrogen and oxygen atoms in total. The van der Waals surface area contributed by atoms with Gasteiger partial charge in [-0.15, -0.1) is 0 Å². The Labute approximate surface area is 100 Å². The number of hydrogen-bond donors (Lipinski definition) is 4. The molecule has 0 amide bonds. The summed E-state index contributed by atoms with van der Waals surface area (Å²) in [6.45, 7) is 0.901. The lowest BCUT2D eigenvalue weighted by atomic mass is 10.0. The summed E-state index contributed by atoms with van der Waals surface area (Å²) >= 11 is 0. The summed E-state index contributed by atoms with van der Waals surface area (Å²) in [4.78, 5) is 12.7. The first kappa shape index (κ1) is 16.3. The Kier molecular flexibility index (Phi) is 7.24.